The van der Waals surface area contributed by atoms with Crippen molar-refractivity contribution >= 4 is 11.3 Å². The van der Waals surface area contributed by atoms with Crippen molar-refractivity contribution in [2.45, 2.75) is 25.9 Å². The van der Waals surface area contributed by atoms with Gasteiger partial charge in [0.05, 0.1) is 11.3 Å². The van der Waals surface area contributed by atoms with Crippen molar-refractivity contribution < 1.29 is 13.2 Å². The Morgan fingerprint density at radius 1 is 1.04 bits per heavy atom. The zero-order chi connectivity index (χ0) is 17.3. The van der Waals surface area contributed by atoms with Crippen LogP contribution in [0.3, 0.4) is 0 Å². The first kappa shape index (κ1) is 16.6. The Morgan fingerprint density at radius 2 is 1.75 bits per heavy atom. The molecule has 0 amide bonds. The molecular formula is C18H15F3N2S. The number of pyridine rings is 1. The number of alkyl halides is 3. The predicted octanol–water partition coefficient (Wildman–Crippen LogP) is 6.01. The second kappa shape index (κ2) is 6.36. The summed E-state index contributed by atoms with van der Waals surface area (Å²) in [6, 6.07) is 7.04. The first-order chi connectivity index (χ1) is 11.4. The number of benzene rings is 1. The van der Waals surface area contributed by atoms with E-state index in [1.54, 1.807) is 12.4 Å². The second-order valence-corrected chi connectivity index (χ2v) is 6.59. The van der Waals surface area contributed by atoms with Crippen LogP contribution in [0.25, 0.3) is 21.8 Å². The highest BCUT2D eigenvalue weighted by Gasteiger charge is 2.30. The van der Waals surface area contributed by atoms with Gasteiger partial charge in [0, 0.05) is 28.9 Å². The van der Waals surface area contributed by atoms with Crippen molar-refractivity contribution in [1.29, 1.82) is 0 Å². The molecule has 0 N–H and O–H groups in total. The Labute approximate surface area is 142 Å². The minimum Gasteiger partial charge on any atom is -0.264 e. The largest absolute Gasteiger partial charge is 0.416 e. The van der Waals surface area contributed by atoms with E-state index >= 15 is 0 Å². The number of halogens is 3. The van der Waals surface area contributed by atoms with Crippen LogP contribution >= 0.6 is 11.3 Å². The van der Waals surface area contributed by atoms with Gasteiger partial charge in [0.1, 0.15) is 5.01 Å². The minimum absolute atomic E-state index is 0.335. The molecule has 0 aliphatic heterocycles. The first-order valence-corrected chi connectivity index (χ1v) is 8.31. The average Bonchev–Trinajstić information content (AvgIpc) is 3.04. The summed E-state index contributed by atoms with van der Waals surface area (Å²) < 4.78 is 37.9. The van der Waals surface area contributed by atoms with Crippen LogP contribution in [0.4, 0.5) is 13.2 Å². The van der Waals surface area contributed by atoms with Crippen LogP contribution < -0.4 is 0 Å². The summed E-state index contributed by atoms with van der Waals surface area (Å²) in [5.41, 5.74) is 2.80. The van der Waals surface area contributed by atoms with Gasteiger partial charge < -0.3 is 0 Å². The summed E-state index contributed by atoms with van der Waals surface area (Å²) in [5, 5.41) is 2.68. The lowest BCUT2D eigenvalue weighted by Gasteiger charge is -2.09. The van der Waals surface area contributed by atoms with Crippen LogP contribution in [-0.4, -0.2) is 9.97 Å². The van der Waals surface area contributed by atoms with Gasteiger partial charge in [-0.25, -0.2) is 4.98 Å². The summed E-state index contributed by atoms with van der Waals surface area (Å²) in [7, 11) is 0. The molecular weight excluding hydrogens is 333 g/mol. The zero-order valence-electron chi connectivity index (χ0n) is 13.1. The third kappa shape index (κ3) is 3.33. The van der Waals surface area contributed by atoms with Crippen molar-refractivity contribution in [3.8, 4) is 21.8 Å². The average molecular weight is 348 g/mol. The monoisotopic (exact) mass is 348 g/mol. The molecule has 0 spiro atoms. The molecule has 0 saturated heterocycles. The Kier molecular flexibility index (Phi) is 4.41. The molecule has 0 saturated carbocycles. The third-order valence-electron chi connectivity index (χ3n) is 3.72. The fourth-order valence-electron chi connectivity index (χ4n) is 2.45. The Hall–Kier alpha value is -2.21. The topological polar surface area (TPSA) is 25.8 Å². The molecule has 24 heavy (non-hydrogen) atoms. The number of nitrogens with zero attached hydrogens (tertiary/aromatic N) is 2. The highest BCUT2D eigenvalue weighted by Crippen LogP contribution is 2.34. The summed E-state index contributed by atoms with van der Waals surface area (Å²) in [6.45, 7) is 4.20. The molecule has 2 heterocycles. The van der Waals surface area contributed by atoms with Gasteiger partial charge in [0.2, 0.25) is 0 Å². The molecule has 0 atom stereocenters. The minimum atomic E-state index is -4.33. The van der Waals surface area contributed by atoms with E-state index in [0.29, 0.717) is 17.2 Å². The lowest BCUT2D eigenvalue weighted by Crippen LogP contribution is -2.03. The lowest BCUT2D eigenvalue weighted by atomic mass is 10.00. The van der Waals surface area contributed by atoms with Crippen LogP contribution in [0.5, 0.6) is 0 Å². The maximum absolute atomic E-state index is 12.6. The van der Waals surface area contributed by atoms with E-state index < -0.39 is 11.7 Å². The number of rotatable bonds is 3. The van der Waals surface area contributed by atoms with E-state index in [4.69, 9.17) is 0 Å². The Morgan fingerprint density at radius 3 is 2.38 bits per heavy atom. The molecule has 0 aliphatic carbocycles. The SMILES string of the molecule is CC(C)c1ccncc1-c1nc(-c2ccc(C(F)(F)F)cc2)cs1. The Balaban J connectivity index is 1.94. The van der Waals surface area contributed by atoms with E-state index in [1.807, 2.05) is 11.4 Å². The number of aromatic nitrogens is 2. The van der Waals surface area contributed by atoms with Crippen LogP contribution in [0.15, 0.2) is 48.1 Å². The molecule has 6 heteroatoms. The van der Waals surface area contributed by atoms with Gasteiger partial charge in [-0.2, -0.15) is 13.2 Å². The second-order valence-electron chi connectivity index (χ2n) is 5.73. The quantitative estimate of drug-likeness (QED) is 0.579. The van der Waals surface area contributed by atoms with Crippen LogP contribution in [0.2, 0.25) is 0 Å². The van der Waals surface area contributed by atoms with Gasteiger partial charge in [0.15, 0.2) is 0 Å². The van der Waals surface area contributed by atoms with Crippen molar-refractivity contribution in [1.82, 2.24) is 9.97 Å². The predicted molar refractivity (Wildman–Crippen MR) is 89.9 cm³/mol. The molecule has 124 valence electrons. The van der Waals surface area contributed by atoms with Gasteiger partial charge >= 0.3 is 6.18 Å². The fourth-order valence-corrected chi connectivity index (χ4v) is 3.31. The molecule has 2 nitrogen and oxygen atoms in total. The number of hydrogen-bond donors (Lipinski definition) is 0. The van der Waals surface area contributed by atoms with Crippen molar-refractivity contribution in [3.63, 3.8) is 0 Å². The maximum atomic E-state index is 12.6. The maximum Gasteiger partial charge on any atom is 0.416 e. The number of hydrogen-bond acceptors (Lipinski definition) is 3. The van der Waals surface area contributed by atoms with Crippen LogP contribution in [0.1, 0.15) is 30.9 Å². The fraction of sp³-hybridized carbons (Fsp3) is 0.222. The lowest BCUT2D eigenvalue weighted by molar-refractivity contribution is -0.137. The van der Waals surface area contributed by atoms with Crippen LogP contribution in [0, 0.1) is 0 Å². The van der Waals surface area contributed by atoms with Crippen molar-refractivity contribution in [3.05, 3.63) is 59.2 Å². The van der Waals surface area contributed by atoms with E-state index in [0.717, 1.165) is 28.3 Å². The molecule has 0 bridgehead atoms. The van der Waals surface area contributed by atoms with Gasteiger partial charge in [-0.1, -0.05) is 26.0 Å². The van der Waals surface area contributed by atoms with E-state index in [9.17, 15) is 13.2 Å². The van der Waals surface area contributed by atoms with Crippen LogP contribution in [-0.2, 0) is 6.18 Å². The van der Waals surface area contributed by atoms with E-state index in [2.05, 4.69) is 23.8 Å². The molecule has 3 rings (SSSR count). The van der Waals surface area contributed by atoms with Gasteiger partial charge in [-0.05, 0) is 29.7 Å². The molecule has 3 aromatic rings. The van der Waals surface area contributed by atoms with Crippen molar-refractivity contribution in [2.75, 3.05) is 0 Å². The van der Waals surface area contributed by atoms with Gasteiger partial charge in [-0.15, -0.1) is 11.3 Å². The van der Waals surface area contributed by atoms with Gasteiger partial charge in [0.25, 0.3) is 0 Å². The molecule has 0 radical (unpaired) electrons. The first-order valence-electron chi connectivity index (χ1n) is 7.43. The molecule has 1 aromatic carbocycles. The molecule has 2 aromatic heterocycles. The highest BCUT2D eigenvalue weighted by molar-refractivity contribution is 7.13. The number of thiazole rings is 1. The molecule has 0 aliphatic rings. The summed E-state index contributed by atoms with van der Waals surface area (Å²) in [4.78, 5) is 8.75. The smallest absolute Gasteiger partial charge is 0.264 e. The zero-order valence-corrected chi connectivity index (χ0v) is 13.9. The normalized spacial score (nSPS) is 11.9. The van der Waals surface area contributed by atoms with E-state index in [1.165, 1.54) is 23.5 Å². The summed E-state index contributed by atoms with van der Waals surface area (Å²) >= 11 is 1.47. The summed E-state index contributed by atoms with van der Waals surface area (Å²) in [5.74, 6) is 0.335. The third-order valence-corrected chi connectivity index (χ3v) is 4.59. The Bertz CT molecular complexity index is 836. The molecule has 0 fully saturated rings. The molecule has 0 unspecified atom stereocenters. The van der Waals surface area contributed by atoms with Crippen molar-refractivity contribution in [2.24, 2.45) is 0 Å². The van der Waals surface area contributed by atoms with Gasteiger partial charge in [-0.3, -0.25) is 4.98 Å². The summed E-state index contributed by atoms with van der Waals surface area (Å²) in [6.07, 6.45) is -0.790. The highest BCUT2D eigenvalue weighted by atomic mass is 32.1. The standard InChI is InChI=1S/C18H15F3N2S/c1-11(2)14-7-8-22-9-15(14)17-23-16(10-24-17)12-3-5-13(6-4-12)18(19,20)21/h3-11H,1-2H3. The van der Waals surface area contributed by atoms with E-state index in [-0.39, 0.29) is 0 Å².